The van der Waals surface area contributed by atoms with Crippen LogP contribution in [0, 0.1) is 0 Å². The second-order valence-corrected chi connectivity index (χ2v) is 7.50. The van der Waals surface area contributed by atoms with Gasteiger partial charge < -0.3 is 10.4 Å². The third-order valence-corrected chi connectivity index (χ3v) is 4.92. The number of unbranched alkanes of at least 4 members (excludes halogenated alkanes) is 15. The maximum atomic E-state index is 11.3. The van der Waals surface area contributed by atoms with Crippen LogP contribution in [0.1, 0.15) is 122 Å². The lowest BCUT2D eigenvalue weighted by Gasteiger charge is -2.04. The van der Waals surface area contributed by atoms with Crippen LogP contribution in [0.4, 0.5) is 0 Å². The molecule has 0 saturated carbocycles. The first kappa shape index (κ1) is 24.9. The summed E-state index contributed by atoms with van der Waals surface area (Å²) in [6, 6.07) is 0. The Morgan fingerprint density at radius 3 is 1.19 bits per heavy atom. The van der Waals surface area contributed by atoms with E-state index in [-0.39, 0.29) is 5.91 Å². The summed E-state index contributed by atoms with van der Waals surface area (Å²) in [4.78, 5) is 21.7. The number of rotatable bonds is 20. The number of nitrogens with one attached hydrogen (secondary N) is 1. The normalized spacial score (nSPS) is 10.8. The van der Waals surface area contributed by atoms with Gasteiger partial charge in [-0.15, -0.1) is 0 Å². The average Bonchev–Trinajstić information content (AvgIpc) is 2.60. The maximum absolute atomic E-state index is 11.3. The molecular formula is C22H43NO3. The highest BCUT2D eigenvalue weighted by atomic mass is 16.4. The van der Waals surface area contributed by atoms with Gasteiger partial charge in [-0.1, -0.05) is 89.9 Å². The van der Waals surface area contributed by atoms with Gasteiger partial charge in [0.05, 0.1) is 0 Å². The molecule has 2 N–H and O–H groups in total. The SMILES string of the molecule is CCNC(=O)CCCCCCCCCCCCCCCCCCC(=O)O. The topological polar surface area (TPSA) is 66.4 Å². The number of carbonyl (C=O) groups is 2. The lowest BCUT2D eigenvalue weighted by Crippen LogP contribution is -2.21. The number of carbonyl (C=O) groups excluding carboxylic acids is 1. The van der Waals surface area contributed by atoms with Crippen molar-refractivity contribution in [1.29, 1.82) is 0 Å². The lowest BCUT2D eigenvalue weighted by molar-refractivity contribution is -0.137. The first-order valence-electron chi connectivity index (χ1n) is 11.1. The quantitative estimate of drug-likeness (QED) is 0.250. The standard InChI is InChI=1S/C22H43NO3/c1-2-23-21(24)19-17-15-13-11-9-7-5-3-4-6-8-10-12-14-16-18-20-22(25)26/h2-20H2,1H3,(H,23,24)(H,25,26). The molecule has 0 fully saturated rings. The van der Waals surface area contributed by atoms with E-state index >= 15 is 0 Å². The highest BCUT2D eigenvalue weighted by molar-refractivity contribution is 5.75. The molecule has 0 aliphatic rings. The monoisotopic (exact) mass is 369 g/mol. The van der Waals surface area contributed by atoms with Crippen LogP contribution in [0.25, 0.3) is 0 Å². The number of aliphatic carboxylic acids is 1. The fourth-order valence-corrected chi connectivity index (χ4v) is 3.32. The molecule has 0 rings (SSSR count). The van der Waals surface area contributed by atoms with Gasteiger partial charge in [-0.25, -0.2) is 0 Å². The van der Waals surface area contributed by atoms with Crippen molar-refractivity contribution in [2.75, 3.05) is 6.54 Å². The van der Waals surface area contributed by atoms with E-state index in [9.17, 15) is 9.59 Å². The Balaban J connectivity index is 3.05. The van der Waals surface area contributed by atoms with Crippen molar-refractivity contribution < 1.29 is 14.7 Å². The minimum Gasteiger partial charge on any atom is -0.481 e. The number of hydrogen-bond donors (Lipinski definition) is 2. The van der Waals surface area contributed by atoms with E-state index in [1.807, 2.05) is 6.92 Å². The zero-order chi connectivity index (χ0) is 19.3. The van der Waals surface area contributed by atoms with Crippen LogP contribution in [0.5, 0.6) is 0 Å². The molecule has 0 aliphatic heterocycles. The minimum atomic E-state index is -0.665. The first-order chi connectivity index (χ1) is 12.7. The second-order valence-electron chi connectivity index (χ2n) is 7.50. The molecule has 0 spiro atoms. The van der Waals surface area contributed by atoms with Crippen molar-refractivity contribution in [2.45, 2.75) is 122 Å². The van der Waals surface area contributed by atoms with Gasteiger partial charge in [-0.3, -0.25) is 9.59 Å². The summed E-state index contributed by atoms with van der Waals surface area (Å²) in [6.07, 6.45) is 21.0. The van der Waals surface area contributed by atoms with Crippen LogP contribution in [-0.4, -0.2) is 23.5 Å². The predicted molar refractivity (Wildman–Crippen MR) is 109 cm³/mol. The molecule has 0 aliphatic carbocycles. The van der Waals surface area contributed by atoms with Gasteiger partial charge in [0.15, 0.2) is 0 Å². The molecule has 0 bridgehead atoms. The van der Waals surface area contributed by atoms with E-state index in [0.717, 1.165) is 25.8 Å². The Bertz CT molecular complexity index is 331. The molecule has 0 atom stereocenters. The molecule has 4 nitrogen and oxygen atoms in total. The lowest BCUT2D eigenvalue weighted by atomic mass is 10.0. The highest BCUT2D eigenvalue weighted by Crippen LogP contribution is 2.14. The van der Waals surface area contributed by atoms with E-state index in [1.54, 1.807) is 0 Å². The van der Waals surface area contributed by atoms with Gasteiger partial charge in [-0.05, 0) is 19.8 Å². The van der Waals surface area contributed by atoms with E-state index in [2.05, 4.69) is 5.32 Å². The van der Waals surface area contributed by atoms with Gasteiger partial charge in [-0.2, -0.15) is 0 Å². The van der Waals surface area contributed by atoms with E-state index < -0.39 is 5.97 Å². The molecule has 0 aromatic heterocycles. The largest absolute Gasteiger partial charge is 0.481 e. The maximum Gasteiger partial charge on any atom is 0.303 e. The number of amides is 1. The van der Waals surface area contributed by atoms with Crippen molar-refractivity contribution >= 4 is 11.9 Å². The van der Waals surface area contributed by atoms with E-state index in [4.69, 9.17) is 5.11 Å². The molecule has 0 heterocycles. The Morgan fingerprint density at radius 1 is 0.577 bits per heavy atom. The van der Waals surface area contributed by atoms with Crippen LogP contribution in [-0.2, 0) is 9.59 Å². The van der Waals surface area contributed by atoms with Crippen LogP contribution in [0.3, 0.4) is 0 Å². The third kappa shape index (κ3) is 21.0. The summed E-state index contributed by atoms with van der Waals surface area (Å²) >= 11 is 0. The zero-order valence-electron chi connectivity index (χ0n) is 17.2. The smallest absolute Gasteiger partial charge is 0.303 e. The number of carboxylic acids is 1. The molecule has 0 radical (unpaired) electrons. The number of carboxylic acid groups (broad SMARTS) is 1. The van der Waals surface area contributed by atoms with E-state index in [0.29, 0.717) is 12.8 Å². The fourth-order valence-electron chi connectivity index (χ4n) is 3.32. The molecule has 0 unspecified atom stereocenters. The zero-order valence-corrected chi connectivity index (χ0v) is 17.2. The van der Waals surface area contributed by atoms with E-state index in [1.165, 1.54) is 83.5 Å². The van der Waals surface area contributed by atoms with Crippen LogP contribution in [0.15, 0.2) is 0 Å². The third-order valence-electron chi connectivity index (χ3n) is 4.92. The van der Waals surface area contributed by atoms with Crippen molar-refractivity contribution in [3.8, 4) is 0 Å². The number of hydrogen-bond acceptors (Lipinski definition) is 2. The van der Waals surface area contributed by atoms with Crippen LogP contribution in [0.2, 0.25) is 0 Å². The molecule has 0 saturated heterocycles. The van der Waals surface area contributed by atoms with Gasteiger partial charge in [0.1, 0.15) is 0 Å². The summed E-state index contributed by atoms with van der Waals surface area (Å²) in [5, 5.41) is 11.4. The van der Waals surface area contributed by atoms with Crippen LogP contribution >= 0.6 is 0 Å². The average molecular weight is 370 g/mol. The molecule has 4 heteroatoms. The first-order valence-corrected chi connectivity index (χ1v) is 11.1. The van der Waals surface area contributed by atoms with Gasteiger partial charge in [0, 0.05) is 19.4 Å². The molecule has 0 aromatic carbocycles. The molecule has 26 heavy (non-hydrogen) atoms. The van der Waals surface area contributed by atoms with Crippen LogP contribution < -0.4 is 5.32 Å². The fraction of sp³-hybridized carbons (Fsp3) is 0.909. The summed E-state index contributed by atoms with van der Waals surface area (Å²) in [5.41, 5.74) is 0. The van der Waals surface area contributed by atoms with Crippen molar-refractivity contribution in [2.24, 2.45) is 0 Å². The molecule has 154 valence electrons. The van der Waals surface area contributed by atoms with Gasteiger partial charge in [0.2, 0.25) is 5.91 Å². The van der Waals surface area contributed by atoms with Crippen molar-refractivity contribution in [3.63, 3.8) is 0 Å². The van der Waals surface area contributed by atoms with Crippen molar-refractivity contribution in [1.82, 2.24) is 5.32 Å². The summed E-state index contributed by atoms with van der Waals surface area (Å²) in [6.45, 7) is 2.71. The summed E-state index contributed by atoms with van der Waals surface area (Å²) in [7, 11) is 0. The molecule has 0 aromatic rings. The Labute approximate surface area is 161 Å². The summed E-state index contributed by atoms with van der Waals surface area (Å²) < 4.78 is 0. The summed E-state index contributed by atoms with van der Waals surface area (Å²) in [5.74, 6) is -0.466. The highest BCUT2D eigenvalue weighted by Gasteiger charge is 1.99. The Morgan fingerprint density at radius 2 is 0.885 bits per heavy atom. The van der Waals surface area contributed by atoms with Gasteiger partial charge >= 0.3 is 5.97 Å². The van der Waals surface area contributed by atoms with Gasteiger partial charge in [0.25, 0.3) is 0 Å². The molecule has 1 amide bonds. The Kier molecular flexibility index (Phi) is 19.4. The Hall–Kier alpha value is -1.06. The predicted octanol–water partition coefficient (Wildman–Crippen LogP) is 6.23. The molecular weight excluding hydrogens is 326 g/mol. The minimum absolute atomic E-state index is 0.200. The second kappa shape index (κ2) is 20.3. The van der Waals surface area contributed by atoms with Crippen molar-refractivity contribution in [3.05, 3.63) is 0 Å².